The van der Waals surface area contributed by atoms with E-state index in [4.69, 9.17) is 0 Å². The highest BCUT2D eigenvalue weighted by atomic mass is 32.2. The van der Waals surface area contributed by atoms with Gasteiger partial charge in [0.2, 0.25) is 5.91 Å². The van der Waals surface area contributed by atoms with E-state index >= 15 is 0 Å². The Morgan fingerprint density at radius 1 is 1.23 bits per heavy atom. The number of aryl methyl sites for hydroxylation is 2. The Morgan fingerprint density at radius 2 is 2.07 bits per heavy atom. The highest BCUT2D eigenvalue weighted by Crippen LogP contribution is 2.26. The summed E-state index contributed by atoms with van der Waals surface area (Å²) in [6.45, 7) is 1.85. The third-order valence-electron chi connectivity index (χ3n) is 5.25. The molecule has 6 nitrogen and oxygen atoms in total. The van der Waals surface area contributed by atoms with Gasteiger partial charge in [-0.25, -0.2) is 13.4 Å². The smallest absolute Gasteiger partial charge is 0.221 e. The summed E-state index contributed by atoms with van der Waals surface area (Å²) in [7, 11) is -3.49. The standard InChI is InChI=1S/C22H23N3O3S2/c1-15(22-25-20(14-29-22)18-6-3-10-23-13-18)24-21(26)9-11-30(27,28)19-8-7-16-4-2-5-17(16)12-19/h3,6-8,10,12-15H,2,4-5,9,11H2,1H3,(H,24,26). The lowest BCUT2D eigenvalue weighted by atomic mass is 10.1. The first-order valence-electron chi connectivity index (χ1n) is 9.92. The molecule has 1 unspecified atom stereocenters. The maximum Gasteiger partial charge on any atom is 0.221 e. The fourth-order valence-corrected chi connectivity index (χ4v) is 5.72. The van der Waals surface area contributed by atoms with E-state index < -0.39 is 9.84 Å². The minimum Gasteiger partial charge on any atom is -0.347 e. The van der Waals surface area contributed by atoms with Gasteiger partial charge >= 0.3 is 0 Å². The molecule has 2 heterocycles. The molecule has 1 amide bonds. The number of hydrogen-bond donors (Lipinski definition) is 1. The summed E-state index contributed by atoms with van der Waals surface area (Å²) in [6.07, 6.45) is 6.37. The zero-order chi connectivity index (χ0) is 21.1. The van der Waals surface area contributed by atoms with Crippen LogP contribution in [-0.2, 0) is 27.5 Å². The molecule has 30 heavy (non-hydrogen) atoms. The molecule has 1 aromatic carbocycles. The van der Waals surface area contributed by atoms with Gasteiger partial charge in [-0.2, -0.15) is 0 Å². The van der Waals surface area contributed by atoms with Crippen LogP contribution in [0.25, 0.3) is 11.3 Å². The number of nitrogens with one attached hydrogen (secondary N) is 1. The Morgan fingerprint density at radius 3 is 2.87 bits per heavy atom. The van der Waals surface area contributed by atoms with Gasteiger partial charge in [-0.05, 0) is 61.6 Å². The van der Waals surface area contributed by atoms with Crippen molar-refractivity contribution in [2.24, 2.45) is 0 Å². The van der Waals surface area contributed by atoms with Crippen molar-refractivity contribution in [1.82, 2.24) is 15.3 Å². The Kier molecular flexibility index (Phi) is 5.97. The van der Waals surface area contributed by atoms with Crippen LogP contribution in [0.1, 0.15) is 41.9 Å². The second kappa shape index (κ2) is 8.65. The number of amides is 1. The molecular weight excluding hydrogens is 418 g/mol. The summed E-state index contributed by atoms with van der Waals surface area (Å²) in [5.41, 5.74) is 4.07. The maximum atomic E-state index is 12.7. The van der Waals surface area contributed by atoms with E-state index in [9.17, 15) is 13.2 Å². The van der Waals surface area contributed by atoms with E-state index in [1.54, 1.807) is 24.5 Å². The van der Waals surface area contributed by atoms with Crippen LogP contribution in [0.5, 0.6) is 0 Å². The summed E-state index contributed by atoms with van der Waals surface area (Å²) < 4.78 is 25.3. The van der Waals surface area contributed by atoms with Gasteiger partial charge in [0.05, 0.1) is 22.4 Å². The number of carbonyl (C=O) groups excluding carboxylic acids is 1. The van der Waals surface area contributed by atoms with E-state index in [0.717, 1.165) is 41.1 Å². The lowest BCUT2D eigenvalue weighted by Gasteiger charge is -2.12. The molecule has 2 aromatic heterocycles. The van der Waals surface area contributed by atoms with Crippen LogP contribution in [0, 0.1) is 0 Å². The molecular formula is C22H23N3O3S2. The van der Waals surface area contributed by atoms with Gasteiger partial charge < -0.3 is 5.32 Å². The summed E-state index contributed by atoms with van der Waals surface area (Å²) in [4.78, 5) is 21.3. The molecule has 1 atom stereocenters. The number of sulfone groups is 1. The highest BCUT2D eigenvalue weighted by Gasteiger charge is 2.21. The van der Waals surface area contributed by atoms with Crippen molar-refractivity contribution in [2.45, 2.75) is 43.5 Å². The van der Waals surface area contributed by atoms with Crippen LogP contribution in [0.4, 0.5) is 0 Å². The van der Waals surface area contributed by atoms with Crippen molar-refractivity contribution in [2.75, 3.05) is 5.75 Å². The minimum absolute atomic E-state index is 0.0788. The lowest BCUT2D eigenvalue weighted by molar-refractivity contribution is -0.121. The fourth-order valence-electron chi connectivity index (χ4n) is 3.60. The Balaban J connectivity index is 1.35. The van der Waals surface area contributed by atoms with Crippen molar-refractivity contribution in [3.8, 4) is 11.3 Å². The maximum absolute atomic E-state index is 12.7. The molecule has 1 aliphatic carbocycles. The van der Waals surface area contributed by atoms with Gasteiger partial charge in [0, 0.05) is 29.8 Å². The number of nitrogens with zero attached hydrogens (tertiary/aromatic N) is 2. The number of rotatable bonds is 7. The quantitative estimate of drug-likeness (QED) is 0.603. The van der Waals surface area contributed by atoms with E-state index in [2.05, 4.69) is 15.3 Å². The predicted molar refractivity (Wildman–Crippen MR) is 117 cm³/mol. The number of pyridine rings is 1. The van der Waals surface area contributed by atoms with E-state index in [0.29, 0.717) is 4.90 Å². The molecule has 0 bridgehead atoms. The van der Waals surface area contributed by atoms with Gasteiger partial charge in [0.15, 0.2) is 9.84 Å². The molecule has 0 radical (unpaired) electrons. The molecule has 3 aromatic rings. The molecule has 8 heteroatoms. The normalized spacial score (nSPS) is 14.3. The first kappa shape index (κ1) is 20.7. The number of fused-ring (bicyclic) bond motifs is 1. The van der Waals surface area contributed by atoms with E-state index in [-0.39, 0.29) is 24.1 Å². The highest BCUT2D eigenvalue weighted by molar-refractivity contribution is 7.91. The molecule has 1 aliphatic rings. The van der Waals surface area contributed by atoms with Gasteiger partial charge in [0.25, 0.3) is 0 Å². The minimum atomic E-state index is -3.49. The lowest BCUT2D eigenvalue weighted by Crippen LogP contribution is -2.28. The summed E-state index contributed by atoms with van der Waals surface area (Å²) in [5.74, 6) is -0.506. The molecule has 0 saturated heterocycles. The first-order valence-corrected chi connectivity index (χ1v) is 12.5. The van der Waals surface area contributed by atoms with Crippen molar-refractivity contribution < 1.29 is 13.2 Å². The van der Waals surface area contributed by atoms with Gasteiger partial charge in [-0.1, -0.05) is 6.07 Å². The SMILES string of the molecule is CC(NC(=O)CCS(=O)(=O)c1ccc2c(c1)CCC2)c1nc(-c2cccnc2)cs1. The van der Waals surface area contributed by atoms with Crippen molar-refractivity contribution in [1.29, 1.82) is 0 Å². The van der Waals surface area contributed by atoms with Crippen LogP contribution >= 0.6 is 11.3 Å². The van der Waals surface area contributed by atoms with E-state index in [1.807, 2.05) is 30.5 Å². The molecule has 0 spiro atoms. The van der Waals surface area contributed by atoms with Crippen LogP contribution in [0.3, 0.4) is 0 Å². The topological polar surface area (TPSA) is 89.0 Å². The average Bonchev–Trinajstić information content (AvgIpc) is 3.42. The zero-order valence-corrected chi connectivity index (χ0v) is 18.3. The van der Waals surface area contributed by atoms with Gasteiger partial charge in [0.1, 0.15) is 5.01 Å². The second-order valence-electron chi connectivity index (χ2n) is 7.45. The third-order valence-corrected chi connectivity index (χ3v) is 8.00. The zero-order valence-electron chi connectivity index (χ0n) is 16.7. The Labute approximate surface area is 180 Å². The number of benzene rings is 1. The van der Waals surface area contributed by atoms with Crippen LogP contribution in [-0.4, -0.2) is 30.0 Å². The Bertz CT molecular complexity index is 1160. The fraction of sp³-hybridized carbons (Fsp3) is 0.318. The molecule has 4 rings (SSSR count). The largest absolute Gasteiger partial charge is 0.347 e. The van der Waals surface area contributed by atoms with Crippen LogP contribution in [0.2, 0.25) is 0 Å². The van der Waals surface area contributed by atoms with Crippen LogP contribution in [0.15, 0.2) is 53.0 Å². The van der Waals surface area contributed by atoms with Gasteiger partial charge in [-0.15, -0.1) is 11.3 Å². The second-order valence-corrected chi connectivity index (χ2v) is 10.5. The average molecular weight is 442 g/mol. The molecule has 0 fully saturated rings. The van der Waals surface area contributed by atoms with Crippen molar-refractivity contribution in [3.05, 3.63) is 64.2 Å². The molecule has 1 N–H and O–H groups in total. The Hall–Kier alpha value is -2.58. The van der Waals surface area contributed by atoms with Crippen molar-refractivity contribution in [3.63, 3.8) is 0 Å². The number of aromatic nitrogens is 2. The summed E-state index contributed by atoms with van der Waals surface area (Å²) in [5, 5.41) is 5.55. The monoisotopic (exact) mass is 441 g/mol. The number of thiazole rings is 1. The number of hydrogen-bond acceptors (Lipinski definition) is 6. The summed E-state index contributed by atoms with van der Waals surface area (Å²) >= 11 is 1.45. The third kappa shape index (κ3) is 4.60. The molecule has 0 saturated carbocycles. The number of carbonyl (C=O) groups is 1. The van der Waals surface area contributed by atoms with Crippen molar-refractivity contribution >= 4 is 27.1 Å². The predicted octanol–water partition coefficient (Wildman–Crippen LogP) is 3.74. The van der Waals surface area contributed by atoms with E-state index in [1.165, 1.54) is 16.9 Å². The molecule has 0 aliphatic heterocycles. The molecule has 156 valence electrons. The first-order chi connectivity index (χ1) is 14.4. The van der Waals surface area contributed by atoms with Gasteiger partial charge in [-0.3, -0.25) is 9.78 Å². The summed E-state index contributed by atoms with van der Waals surface area (Å²) in [6, 6.07) is 8.82. The van der Waals surface area contributed by atoms with Crippen LogP contribution < -0.4 is 5.32 Å².